The van der Waals surface area contributed by atoms with Crippen LogP contribution in [-0.4, -0.2) is 13.6 Å². The van der Waals surface area contributed by atoms with Crippen LogP contribution >= 0.6 is 0 Å². The highest BCUT2D eigenvalue weighted by Crippen LogP contribution is 2.19. The molecule has 4 nitrogen and oxygen atoms in total. The van der Waals surface area contributed by atoms with E-state index in [4.69, 9.17) is 5.73 Å². The maximum Gasteiger partial charge on any atom is 0.137 e. The molecule has 0 bridgehead atoms. The third-order valence-electron chi connectivity index (χ3n) is 3.15. The molecule has 0 fully saturated rings. The van der Waals surface area contributed by atoms with Gasteiger partial charge in [0.25, 0.3) is 0 Å². The largest absolute Gasteiger partial charge is 0.399 e. The van der Waals surface area contributed by atoms with Crippen LogP contribution in [-0.2, 0) is 16.6 Å². The van der Waals surface area contributed by atoms with Gasteiger partial charge in [0.15, 0.2) is 0 Å². The molecule has 1 aromatic carbocycles. The van der Waals surface area contributed by atoms with Gasteiger partial charge in [-0.2, -0.15) is 0 Å². The highest BCUT2D eigenvalue weighted by atomic mass is 32.2. The number of fused-ring (bicyclic) bond motifs is 1. The summed E-state index contributed by atoms with van der Waals surface area (Å²) < 4.78 is 14.4. The minimum absolute atomic E-state index is 0.395. The SMILES string of the molecule is Cc1ccc(N)cc1S(=O)Cc1cn2ccccc2n1. The van der Waals surface area contributed by atoms with Crippen molar-refractivity contribution >= 4 is 22.1 Å². The van der Waals surface area contributed by atoms with Crippen LogP contribution in [0.25, 0.3) is 5.65 Å². The molecule has 2 aromatic heterocycles. The summed E-state index contributed by atoms with van der Waals surface area (Å²) in [4.78, 5) is 5.25. The van der Waals surface area contributed by atoms with Crippen LogP contribution in [0.3, 0.4) is 0 Å². The Morgan fingerprint density at radius 1 is 1.30 bits per heavy atom. The number of pyridine rings is 1. The number of nitrogen functional groups attached to an aromatic ring is 1. The number of anilines is 1. The first kappa shape index (κ1) is 12.9. The quantitative estimate of drug-likeness (QED) is 0.752. The van der Waals surface area contributed by atoms with Gasteiger partial charge < -0.3 is 10.1 Å². The molecule has 2 N–H and O–H groups in total. The van der Waals surface area contributed by atoms with E-state index in [2.05, 4.69) is 4.98 Å². The number of aromatic nitrogens is 2. The third kappa shape index (κ3) is 2.44. The fourth-order valence-electron chi connectivity index (χ4n) is 2.13. The van der Waals surface area contributed by atoms with Gasteiger partial charge >= 0.3 is 0 Å². The van der Waals surface area contributed by atoms with Crippen molar-refractivity contribution in [1.29, 1.82) is 0 Å². The molecule has 3 rings (SSSR count). The number of imidazole rings is 1. The molecule has 2 heterocycles. The number of benzene rings is 1. The molecule has 3 aromatic rings. The monoisotopic (exact) mass is 285 g/mol. The van der Waals surface area contributed by atoms with Crippen LogP contribution in [0.1, 0.15) is 11.3 Å². The van der Waals surface area contributed by atoms with E-state index < -0.39 is 10.8 Å². The summed E-state index contributed by atoms with van der Waals surface area (Å²) in [5.41, 5.74) is 9.07. The molecule has 1 unspecified atom stereocenters. The van der Waals surface area contributed by atoms with Crippen LogP contribution in [0.15, 0.2) is 53.7 Å². The van der Waals surface area contributed by atoms with Crippen molar-refractivity contribution in [3.8, 4) is 0 Å². The maximum atomic E-state index is 12.5. The lowest BCUT2D eigenvalue weighted by atomic mass is 10.2. The Balaban J connectivity index is 1.90. The predicted octanol–water partition coefficient (Wildman–Crippen LogP) is 2.53. The predicted molar refractivity (Wildman–Crippen MR) is 80.9 cm³/mol. The van der Waals surface area contributed by atoms with Crippen LogP contribution in [0, 0.1) is 6.92 Å². The summed E-state index contributed by atoms with van der Waals surface area (Å²) in [6.45, 7) is 1.94. The molecular weight excluding hydrogens is 270 g/mol. The highest BCUT2D eigenvalue weighted by molar-refractivity contribution is 7.84. The summed E-state index contributed by atoms with van der Waals surface area (Å²) in [6.07, 6.45) is 3.84. The summed E-state index contributed by atoms with van der Waals surface area (Å²) in [5, 5.41) is 0. The first-order valence-corrected chi connectivity index (χ1v) is 7.62. The van der Waals surface area contributed by atoms with Crippen molar-refractivity contribution in [1.82, 2.24) is 9.38 Å². The first-order chi connectivity index (χ1) is 9.63. The summed E-state index contributed by atoms with van der Waals surface area (Å²) in [5.74, 6) is 0.395. The standard InChI is InChI=1S/C15H15N3OS/c1-11-5-6-12(16)8-14(11)20(19)10-13-9-18-7-3-2-4-15(18)17-13/h2-9H,10,16H2,1H3. The number of aryl methyl sites for hydroxylation is 1. The molecule has 5 heteroatoms. The molecule has 0 saturated carbocycles. The van der Waals surface area contributed by atoms with Gasteiger partial charge in [0, 0.05) is 23.0 Å². The summed E-state index contributed by atoms with van der Waals surface area (Å²) in [7, 11) is -1.14. The number of hydrogen-bond donors (Lipinski definition) is 1. The van der Waals surface area contributed by atoms with Crippen LogP contribution in [0.5, 0.6) is 0 Å². The average molecular weight is 285 g/mol. The lowest BCUT2D eigenvalue weighted by Crippen LogP contribution is -2.00. The van der Waals surface area contributed by atoms with Crippen LogP contribution in [0.4, 0.5) is 5.69 Å². The summed E-state index contributed by atoms with van der Waals surface area (Å²) >= 11 is 0. The van der Waals surface area contributed by atoms with Gasteiger partial charge in [-0.1, -0.05) is 12.1 Å². The van der Waals surface area contributed by atoms with E-state index in [1.807, 2.05) is 54.0 Å². The first-order valence-electron chi connectivity index (χ1n) is 6.30. The molecule has 1 atom stereocenters. The van der Waals surface area contributed by atoms with Crippen molar-refractivity contribution in [2.75, 3.05) is 5.73 Å². The zero-order valence-electron chi connectivity index (χ0n) is 11.1. The molecule has 102 valence electrons. The second-order valence-electron chi connectivity index (χ2n) is 4.71. The van der Waals surface area contributed by atoms with Crippen molar-refractivity contribution < 1.29 is 4.21 Å². The van der Waals surface area contributed by atoms with Crippen molar-refractivity contribution in [2.24, 2.45) is 0 Å². The summed E-state index contributed by atoms with van der Waals surface area (Å²) in [6, 6.07) is 11.3. The second kappa shape index (κ2) is 5.09. The van der Waals surface area contributed by atoms with Gasteiger partial charge in [-0.15, -0.1) is 0 Å². The molecular formula is C15H15N3OS. The lowest BCUT2D eigenvalue weighted by molar-refractivity contribution is 0.682. The maximum absolute atomic E-state index is 12.5. The minimum Gasteiger partial charge on any atom is -0.399 e. The van der Waals surface area contributed by atoms with Crippen molar-refractivity contribution in [3.63, 3.8) is 0 Å². The number of rotatable bonds is 3. The molecule has 0 aliphatic rings. The lowest BCUT2D eigenvalue weighted by Gasteiger charge is -2.05. The number of nitrogens with zero attached hydrogens (tertiary/aromatic N) is 2. The molecule has 0 amide bonds. The number of hydrogen-bond acceptors (Lipinski definition) is 3. The van der Waals surface area contributed by atoms with E-state index in [-0.39, 0.29) is 0 Å². The fourth-order valence-corrected chi connectivity index (χ4v) is 3.39. The van der Waals surface area contributed by atoms with Gasteiger partial charge in [-0.25, -0.2) is 4.98 Å². The Labute approximate surface area is 119 Å². The van der Waals surface area contributed by atoms with E-state index in [0.29, 0.717) is 11.4 Å². The third-order valence-corrected chi connectivity index (χ3v) is 4.64. The molecule has 0 radical (unpaired) electrons. The Bertz CT molecular complexity index is 762. The van der Waals surface area contributed by atoms with Gasteiger partial charge in [0.1, 0.15) is 5.65 Å². The second-order valence-corrected chi connectivity index (χ2v) is 6.13. The Kier molecular flexibility index (Phi) is 3.28. The van der Waals surface area contributed by atoms with Gasteiger partial charge in [0.2, 0.25) is 0 Å². The zero-order chi connectivity index (χ0) is 14.1. The van der Waals surface area contributed by atoms with Gasteiger partial charge in [0.05, 0.1) is 22.2 Å². The minimum atomic E-state index is -1.14. The van der Waals surface area contributed by atoms with Crippen LogP contribution < -0.4 is 5.73 Å². The van der Waals surface area contributed by atoms with E-state index >= 15 is 0 Å². The van der Waals surface area contributed by atoms with Crippen molar-refractivity contribution in [2.45, 2.75) is 17.6 Å². The van der Waals surface area contributed by atoms with E-state index in [1.54, 1.807) is 6.07 Å². The molecule has 0 aliphatic carbocycles. The van der Waals surface area contributed by atoms with E-state index in [1.165, 1.54) is 0 Å². The fraction of sp³-hybridized carbons (Fsp3) is 0.133. The average Bonchev–Trinajstić information content (AvgIpc) is 2.83. The normalized spacial score (nSPS) is 12.7. The Hall–Kier alpha value is -2.14. The molecule has 0 saturated heterocycles. The Morgan fingerprint density at radius 2 is 2.15 bits per heavy atom. The van der Waals surface area contributed by atoms with Gasteiger partial charge in [-0.3, -0.25) is 4.21 Å². The van der Waals surface area contributed by atoms with E-state index in [9.17, 15) is 4.21 Å². The zero-order valence-corrected chi connectivity index (χ0v) is 11.9. The van der Waals surface area contributed by atoms with Gasteiger partial charge in [-0.05, 0) is 36.8 Å². The molecule has 20 heavy (non-hydrogen) atoms. The van der Waals surface area contributed by atoms with E-state index in [0.717, 1.165) is 21.8 Å². The van der Waals surface area contributed by atoms with Crippen LogP contribution in [0.2, 0.25) is 0 Å². The molecule has 0 aliphatic heterocycles. The molecule has 0 spiro atoms. The number of nitrogens with two attached hydrogens (primary N) is 1. The van der Waals surface area contributed by atoms with Crippen molar-refractivity contribution in [3.05, 3.63) is 60.0 Å². The topological polar surface area (TPSA) is 60.4 Å². The smallest absolute Gasteiger partial charge is 0.137 e. The highest BCUT2D eigenvalue weighted by Gasteiger charge is 2.11. The Morgan fingerprint density at radius 3 is 2.95 bits per heavy atom.